The van der Waals surface area contributed by atoms with Gasteiger partial charge in [-0.25, -0.2) is 4.39 Å². The molecule has 0 atom stereocenters. The van der Waals surface area contributed by atoms with Crippen LogP contribution in [0.4, 0.5) is 10.1 Å². The van der Waals surface area contributed by atoms with Crippen molar-refractivity contribution < 1.29 is 13.9 Å². The van der Waals surface area contributed by atoms with Gasteiger partial charge in [0.2, 0.25) is 5.91 Å². The molecule has 9 heteroatoms. The van der Waals surface area contributed by atoms with Crippen molar-refractivity contribution in [3.05, 3.63) is 58.3 Å². The first-order chi connectivity index (χ1) is 14.0. The summed E-state index contributed by atoms with van der Waals surface area (Å²) in [7, 11) is 1.61. The lowest BCUT2D eigenvalue weighted by Crippen LogP contribution is -2.15. The standard InChI is InChI=1S/C20H16BrFN4O2S/c1-11-7-18-24-25-20(26(18)17-9-13(28-2)4-5-14(11)17)29-10-19(27)23-16-6-3-12(21)8-15(16)22/h3-9H,10H2,1-2H3,(H,23,27). The van der Waals surface area contributed by atoms with Crippen LogP contribution in [-0.2, 0) is 4.79 Å². The summed E-state index contributed by atoms with van der Waals surface area (Å²) in [5, 5.41) is 12.6. The van der Waals surface area contributed by atoms with Crippen LogP contribution in [0.25, 0.3) is 16.6 Å². The van der Waals surface area contributed by atoms with Crippen LogP contribution in [0.15, 0.2) is 52.1 Å². The molecule has 0 aliphatic heterocycles. The molecule has 4 aromatic rings. The lowest BCUT2D eigenvalue weighted by atomic mass is 10.1. The second kappa shape index (κ2) is 8.00. The van der Waals surface area contributed by atoms with E-state index in [1.807, 2.05) is 35.6 Å². The number of nitrogens with one attached hydrogen (secondary N) is 1. The molecule has 0 unspecified atom stereocenters. The highest BCUT2D eigenvalue weighted by Gasteiger charge is 2.15. The molecule has 0 saturated heterocycles. The van der Waals surface area contributed by atoms with Gasteiger partial charge in [0.25, 0.3) is 0 Å². The minimum atomic E-state index is -0.501. The highest BCUT2D eigenvalue weighted by Crippen LogP contribution is 2.29. The highest BCUT2D eigenvalue weighted by atomic mass is 79.9. The first-order valence-corrected chi connectivity index (χ1v) is 10.4. The summed E-state index contributed by atoms with van der Waals surface area (Å²) in [4.78, 5) is 12.3. The lowest BCUT2D eigenvalue weighted by molar-refractivity contribution is -0.113. The maximum atomic E-state index is 13.9. The Kier molecular flexibility index (Phi) is 5.42. The summed E-state index contributed by atoms with van der Waals surface area (Å²) in [6.07, 6.45) is 0. The van der Waals surface area contributed by atoms with E-state index in [-0.39, 0.29) is 17.3 Å². The summed E-state index contributed by atoms with van der Waals surface area (Å²) < 4.78 is 21.8. The molecule has 0 aliphatic rings. The number of amides is 1. The maximum Gasteiger partial charge on any atom is 0.234 e. The van der Waals surface area contributed by atoms with Crippen LogP contribution < -0.4 is 10.1 Å². The van der Waals surface area contributed by atoms with Crippen molar-refractivity contribution in [3.63, 3.8) is 0 Å². The summed E-state index contributed by atoms with van der Waals surface area (Å²) in [6.45, 7) is 2.01. The molecule has 2 aromatic heterocycles. The second-order valence-corrected chi connectivity index (χ2v) is 8.21. The van der Waals surface area contributed by atoms with Crippen LogP contribution in [-0.4, -0.2) is 33.4 Å². The number of methoxy groups -OCH3 is 1. The quantitative estimate of drug-likeness (QED) is 0.419. The Morgan fingerprint density at radius 1 is 1.24 bits per heavy atom. The van der Waals surface area contributed by atoms with Gasteiger partial charge in [0.1, 0.15) is 11.6 Å². The molecule has 0 radical (unpaired) electrons. The number of fused-ring (bicyclic) bond motifs is 3. The smallest absolute Gasteiger partial charge is 0.234 e. The van der Waals surface area contributed by atoms with Gasteiger partial charge in [0.15, 0.2) is 10.8 Å². The molecule has 1 N–H and O–H groups in total. The molecule has 0 bridgehead atoms. The predicted octanol–water partition coefficient (Wildman–Crippen LogP) is 4.83. The van der Waals surface area contributed by atoms with Crippen LogP contribution >= 0.6 is 27.7 Å². The molecule has 0 aliphatic carbocycles. The summed E-state index contributed by atoms with van der Waals surface area (Å²) in [5.41, 5.74) is 2.79. The Bertz CT molecular complexity index is 1240. The fraction of sp³-hybridized carbons (Fsp3) is 0.150. The van der Waals surface area contributed by atoms with Crippen molar-refractivity contribution in [2.24, 2.45) is 0 Å². The van der Waals surface area contributed by atoms with Gasteiger partial charge in [-0.1, -0.05) is 27.7 Å². The number of halogens is 2. The number of benzene rings is 2. The van der Waals surface area contributed by atoms with Gasteiger partial charge in [0, 0.05) is 15.9 Å². The van der Waals surface area contributed by atoms with Gasteiger partial charge in [-0.15, -0.1) is 10.2 Å². The van der Waals surface area contributed by atoms with E-state index in [1.54, 1.807) is 13.2 Å². The molecule has 0 saturated carbocycles. The normalized spacial score (nSPS) is 11.2. The van der Waals surface area contributed by atoms with E-state index in [9.17, 15) is 9.18 Å². The van der Waals surface area contributed by atoms with Gasteiger partial charge in [0.05, 0.1) is 24.1 Å². The van der Waals surface area contributed by atoms with E-state index in [0.29, 0.717) is 15.3 Å². The number of aryl methyl sites for hydroxylation is 1. The van der Waals surface area contributed by atoms with E-state index >= 15 is 0 Å². The average molecular weight is 475 g/mol. The Balaban J connectivity index is 1.61. The number of pyridine rings is 1. The first kappa shape index (κ1) is 19.7. The minimum absolute atomic E-state index is 0.0651. The Labute approximate surface area is 178 Å². The van der Waals surface area contributed by atoms with Gasteiger partial charge in [-0.2, -0.15) is 0 Å². The zero-order chi connectivity index (χ0) is 20.5. The van der Waals surface area contributed by atoms with Crippen LogP contribution in [0, 0.1) is 12.7 Å². The number of nitrogens with zero attached hydrogens (tertiary/aromatic N) is 3. The second-order valence-electron chi connectivity index (χ2n) is 6.35. The average Bonchev–Trinajstić information content (AvgIpc) is 3.11. The fourth-order valence-electron chi connectivity index (χ4n) is 3.03. The molecule has 29 heavy (non-hydrogen) atoms. The van der Waals surface area contributed by atoms with Crippen LogP contribution in [0.1, 0.15) is 5.56 Å². The monoisotopic (exact) mass is 474 g/mol. The van der Waals surface area contributed by atoms with E-state index in [4.69, 9.17) is 4.74 Å². The number of hydrogen-bond donors (Lipinski definition) is 1. The largest absolute Gasteiger partial charge is 0.497 e. The molecule has 0 fully saturated rings. The number of carbonyl (C=O) groups excluding carboxylic acids is 1. The van der Waals surface area contributed by atoms with Crippen LogP contribution in [0.2, 0.25) is 0 Å². The number of hydrogen-bond acceptors (Lipinski definition) is 5. The molecule has 148 valence electrons. The number of anilines is 1. The summed E-state index contributed by atoms with van der Waals surface area (Å²) in [6, 6.07) is 12.2. The molecule has 0 spiro atoms. The summed E-state index contributed by atoms with van der Waals surface area (Å²) >= 11 is 4.43. The molecule has 4 rings (SSSR count). The van der Waals surface area contributed by atoms with Crippen molar-refractivity contribution in [1.29, 1.82) is 0 Å². The fourth-order valence-corrected chi connectivity index (χ4v) is 4.12. The number of ether oxygens (including phenoxy) is 1. The number of aromatic nitrogens is 3. The third-order valence-corrected chi connectivity index (χ3v) is 5.83. The van der Waals surface area contributed by atoms with E-state index in [0.717, 1.165) is 22.2 Å². The predicted molar refractivity (Wildman–Crippen MR) is 115 cm³/mol. The van der Waals surface area contributed by atoms with E-state index < -0.39 is 5.82 Å². The summed E-state index contributed by atoms with van der Waals surface area (Å²) in [5.74, 6) is -0.0472. The highest BCUT2D eigenvalue weighted by molar-refractivity contribution is 9.10. The van der Waals surface area contributed by atoms with E-state index in [2.05, 4.69) is 31.4 Å². The van der Waals surface area contributed by atoms with Crippen molar-refractivity contribution in [2.45, 2.75) is 12.1 Å². The molecular weight excluding hydrogens is 459 g/mol. The van der Waals surface area contributed by atoms with Gasteiger partial charge in [-0.3, -0.25) is 9.20 Å². The molecule has 1 amide bonds. The Morgan fingerprint density at radius 2 is 2.07 bits per heavy atom. The number of rotatable bonds is 5. The van der Waals surface area contributed by atoms with Gasteiger partial charge in [-0.05, 0) is 48.9 Å². The van der Waals surface area contributed by atoms with Gasteiger partial charge < -0.3 is 10.1 Å². The Hall–Kier alpha value is -2.65. The maximum absolute atomic E-state index is 13.9. The zero-order valence-electron chi connectivity index (χ0n) is 15.6. The van der Waals surface area contributed by atoms with E-state index in [1.165, 1.54) is 23.9 Å². The number of thioether (sulfide) groups is 1. The Morgan fingerprint density at radius 3 is 2.83 bits per heavy atom. The molecular formula is C20H16BrFN4O2S. The van der Waals surface area contributed by atoms with Crippen molar-refractivity contribution >= 4 is 55.8 Å². The lowest BCUT2D eigenvalue weighted by Gasteiger charge is -2.09. The molecule has 2 aromatic carbocycles. The first-order valence-electron chi connectivity index (χ1n) is 8.66. The molecule has 2 heterocycles. The molecule has 6 nitrogen and oxygen atoms in total. The number of carbonyl (C=O) groups is 1. The zero-order valence-corrected chi connectivity index (χ0v) is 18.0. The topological polar surface area (TPSA) is 68.5 Å². The van der Waals surface area contributed by atoms with Crippen molar-refractivity contribution in [3.8, 4) is 5.75 Å². The van der Waals surface area contributed by atoms with Crippen LogP contribution in [0.3, 0.4) is 0 Å². The van der Waals surface area contributed by atoms with Gasteiger partial charge >= 0.3 is 0 Å². The third kappa shape index (κ3) is 3.92. The third-order valence-electron chi connectivity index (χ3n) is 4.41. The SMILES string of the molecule is COc1ccc2c(C)cc3nnc(SCC(=O)Nc4ccc(Br)cc4F)n3c2c1. The minimum Gasteiger partial charge on any atom is -0.497 e. The van der Waals surface area contributed by atoms with Crippen LogP contribution in [0.5, 0.6) is 5.75 Å². The van der Waals surface area contributed by atoms with Crippen molar-refractivity contribution in [1.82, 2.24) is 14.6 Å². The van der Waals surface area contributed by atoms with Crippen molar-refractivity contribution in [2.75, 3.05) is 18.2 Å².